The molecule has 0 aromatic rings. The predicted molar refractivity (Wildman–Crippen MR) is 92.8 cm³/mol. The zero-order valence-corrected chi connectivity index (χ0v) is 15.7. The number of rotatable bonds is 15. The van der Waals surface area contributed by atoms with Crippen molar-refractivity contribution in [3.05, 3.63) is 0 Å². The normalized spacial score (nSPS) is 13.7. The summed E-state index contributed by atoms with van der Waals surface area (Å²) in [5.74, 6) is 0.260. The number of phosphoric acid groups is 1. The van der Waals surface area contributed by atoms with Crippen molar-refractivity contribution in [1.82, 2.24) is 0 Å². The van der Waals surface area contributed by atoms with Gasteiger partial charge >= 0.3 is 7.82 Å². The number of hydrogen-bond acceptors (Lipinski definition) is 2. The van der Waals surface area contributed by atoms with E-state index in [1.807, 2.05) is 6.92 Å². The van der Waals surface area contributed by atoms with Crippen molar-refractivity contribution in [2.75, 3.05) is 0 Å². The average Bonchev–Trinajstić information content (AvgIpc) is 2.42. The van der Waals surface area contributed by atoms with Crippen LogP contribution in [0.4, 0.5) is 0 Å². The van der Waals surface area contributed by atoms with E-state index in [0.29, 0.717) is 0 Å². The number of unbranched alkanes of at least 4 members (excludes halogenated alkanes) is 8. The summed E-state index contributed by atoms with van der Waals surface area (Å²) in [5, 5.41) is 0. The molecule has 0 rings (SSSR count). The maximum Gasteiger partial charge on any atom is 0.469 e. The second-order valence-electron chi connectivity index (χ2n) is 6.47. The molecule has 0 aliphatic carbocycles. The largest absolute Gasteiger partial charge is 0.469 e. The van der Waals surface area contributed by atoms with Crippen molar-refractivity contribution < 1.29 is 18.9 Å². The van der Waals surface area contributed by atoms with E-state index < -0.39 is 7.82 Å². The summed E-state index contributed by atoms with van der Waals surface area (Å²) in [5.41, 5.74) is 0. The lowest BCUT2D eigenvalue weighted by molar-refractivity contribution is 0.0907. The molecule has 0 aromatic heterocycles. The zero-order valence-electron chi connectivity index (χ0n) is 14.8. The first-order chi connectivity index (χ1) is 10.4. The van der Waals surface area contributed by atoms with Gasteiger partial charge in [0.1, 0.15) is 0 Å². The summed E-state index contributed by atoms with van der Waals surface area (Å²) in [6.07, 6.45) is 13.9. The van der Waals surface area contributed by atoms with Gasteiger partial charge < -0.3 is 9.79 Å². The van der Waals surface area contributed by atoms with Crippen LogP contribution >= 0.6 is 7.82 Å². The molecule has 1 atom stereocenters. The average molecular weight is 336 g/mol. The van der Waals surface area contributed by atoms with E-state index in [9.17, 15) is 4.57 Å². The van der Waals surface area contributed by atoms with Crippen LogP contribution in [0.2, 0.25) is 0 Å². The molecule has 0 aliphatic heterocycles. The van der Waals surface area contributed by atoms with Gasteiger partial charge in [0.15, 0.2) is 0 Å². The third-order valence-corrected chi connectivity index (χ3v) is 4.93. The lowest BCUT2D eigenvalue weighted by Gasteiger charge is -2.24. The van der Waals surface area contributed by atoms with Crippen LogP contribution in [0.15, 0.2) is 0 Å². The van der Waals surface area contributed by atoms with Crippen molar-refractivity contribution in [3.8, 4) is 0 Å². The van der Waals surface area contributed by atoms with E-state index in [2.05, 4.69) is 13.8 Å². The van der Waals surface area contributed by atoms with Crippen LogP contribution in [0.3, 0.4) is 0 Å². The molecule has 0 saturated carbocycles. The first kappa shape index (κ1) is 22.1. The molecule has 2 N–H and O–H groups in total. The van der Waals surface area contributed by atoms with Crippen LogP contribution in [0.1, 0.15) is 97.8 Å². The minimum absolute atomic E-state index is 0.260. The highest BCUT2D eigenvalue weighted by Crippen LogP contribution is 2.40. The molecular weight excluding hydrogens is 299 g/mol. The maximum atomic E-state index is 11.0. The molecule has 0 aromatic carbocycles. The van der Waals surface area contributed by atoms with Gasteiger partial charge in [0.25, 0.3) is 0 Å². The molecular formula is C17H37O4P. The van der Waals surface area contributed by atoms with Gasteiger partial charge in [0, 0.05) is 0 Å². The lowest BCUT2D eigenvalue weighted by Crippen LogP contribution is -2.20. The smallest absolute Gasteiger partial charge is 0.303 e. The molecule has 4 nitrogen and oxygen atoms in total. The van der Waals surface area contributed by atoms with Crippen molar-refractivity contribution in [2.45, 2.75) is 104 Å². The third kappa shape index (κ3) is 13.8. The summed E-state index contributed by atoms with van der Waals surface area (Å²) in [6, 6.07) is 0. The van der Waals surface area contributed by atoms with Crippen molar-refractivity contribution in [2.24, 2.45) is 5.92 Å². The van der Waals surface area contributed by atoms with Gasteiger partial charge in [-0.1, -0.05) is 78.1 Å². The second kappa shape index (κ2) is 13.5. The fraction of sp³-hybridized carbons (Fsp3) is 1.00. The maximum absolute atomic E-state index is 11.0. The van der Waals surface area contributed by atoms with Crippen LogP contribution in [0.5, 0.6) is 0 Å². The minimum Gasteiger partial charge on any atom is -0.303 e. The molecule has 0 heterocycles. The molecule has 22 heavy (non-hydrogen) atoms. The van der Waals surface area contributed by atoms with Gasteiger partial charge in [-0.25, -0.2) is 4.57 Å². The van der Waals surface area contributed by atoms with Crippen molar-refractivity contribution in [1.29, 1.82) is 0 Å². The van der Waals surface area contributed by atoms with E-state index in [0.717, 1.165) is 25.7 Å². The molecule has 5 heteroatoms. The molecule has 0 spiro atoms. The zero-order chi connectivity index (χ0) is 16.8. The summed E-state index contributed by atoms with van der Waals surface area (Å²) in [4.78, 5) is 18.0. The Morgan fingerprint density at radius 2 is 1.23 bits per heavy atom. The van der Waals surface area contributed by atoms with Crippen LogP contribution < -0.4 is 0 Å². The molecule has 134 valence electrons. The highest BCUT2D eigenvalue weighted by molar-refractivity contribution is 7.46. The van der Waals surface area contributed by atoms with E-state index >= 15 is 0 Å². The fourth-order valence-corrected chi connectivity index (χ4v) is 3.54. The van der Waals surface area contributed by atoms with Crippen molar-refractivity contribution in [3.63, 3.8) is 0 Å². The van der Waals surface area contributed by atoms with E-state index in [1.54, 1.807) is 0 Å². The summed E-state index contributed by atoms with van der Waals surface area (Å²) in [6.45, 7) is 6.21. The molecule has 0 aliphatic rings. The highest BCUT2D eigenvalue weighted by atomic mass is 31.2. The van der Waals surface area contributed by atoms with Gasteiger partial charge in [-0.3, -0.25) is 4.52 Å². The van der Waals surface area contributed by atoms with E-state index in [-0.39, 0.29) is 12.0 Å². The van der Waals surface area contributed by atoms with Crippen LogP contribution in [-0.4, -0.2) is 15.9 Å². The number of phosphoric ester groups is 1. The first-order valence-electron chi connectivity index (χ1n) is 9.14. The van der Waals surface area contributed by atoms with Gasteiger partial charge in [0.05, 0.1) is 6.10 Å². The standard InChI is InChI=1S/C17H37O4P/c1-4-6-8-10-12-14-17(15-13-11-9-7-5-2)16(3)21-22(18,19)20/h16-17H,4-15H2,1-3H3,(H2,18,19,20). The van der Waals surface area contributed by atoms with E-state index in [1.165, 1.54) is 51.4 Å². The van der Waals surface area contributed by atoms with Gasteiger partial charge in [-0.2, -0.15) is 0 Å². The van der Waals surface area contributed by atoms with Crippen LogP contribution in [-0.2, 0) is 9.09 Å². The summed E-state index contributed by atoms with van der Waals surface area (Å²) >= 11 is 0. The number of hydrogen-bond donors (Lipinski definition) is 2. The van der Waals surface area contributed by atoms with Gasteiger partial charge in [0.2, 0.25) is 0 Å². The monoisotopic (exact) mass is 336 g/mol. The molecule has 0 radical (unpaired) electrons. The molecule has 0 amide bonds. The molecule has 0 fully saturated rings. The summed E-state index contributed by atoms with van der Waals surface area (Å²) < 4.78 is 16.0. The Hall–Kier alpha value is 0.110. The quantitative estimate of drug-likeness (QED) is 0.292. The Bertz CT molecular complexity index is 276. The second-order valence-corrected chi connectivity index (χ2v) is 7.66. The Kier molecular flexibility index (Phi) is 13.6. The van der Waals surface area contributed by atoms with E-state index in [4.69, 9.17) is 14.3 Å². The highest BCUT2D eigenvalue weighted by Gasteiger charge is 2.25. The Balaban J connectivity index is 4.15. The topological polar surface area (TPSA) is 66.8 Å². The van der Waals surface area contributed by atoms with Crippen LogP contribution in [0, 0.1) is 5.92 Å². The first-order valence-corrected chi connectivity index (χ1v) is 10.7. The SMILES string of the molecule is CCCCCCCC(CCCCCCC)C(C)OP(=O)(O)O. The van der Waals surface area contributed by atoms with Gasteiger partial charge in [-0.05, 0) is 25.7 Å². The Morgan fingerprint density at radius 3 is 1.59 bits per heavy atom. The van der Waals surface area contributed by atoms with Crippen LogP contribution in [0.25, 0.3) is 0 Å². The third-order valence-electron chi connectivity index (χ3n) is 4.32. The molecule has 0 bridgehead atoms. The molecule has 1 unspecified atom stereocenters. The summed E-state index contributed by atoms with van der Waals surface area (Å²) in [7, 11) is -4.38. The Labute approximate surface area is 137 Å². The molecule has 0 saturated heterocycles. The fourth-order valence-electron chi connectivity index (χ4n) is 2.94. The predicted octanol–water partition coefficient (Wildman–Crippen LogP) is 5.82. The minimum atomic E-state index is -4.38. The Morgan fingerprint density at radius 1 is 0.818 bits per heavy atom. The van der Waals surface area contributed by atoms with Gasteiger partial charge in [-0.15, -0.1) is 0 Å². The van der Waals surface area contributed by atoms with Crippen molar-refractivity contribution >= 4 is 7.82 Å². The lowest BCUT2D eigenvalue weighted by atomic mass is 9.90.